The van der Waals surface area contributed by atoms with Crippen molar-refractivity contribution in [2.24, 2.45) is 11.7 Å². The van der Waals surface area contributed by atoms with Crippen molar-refractivity contribution in [1.82, 2.24) is 0 Å². The van der Waals surface area contributed by atoms with Gasteiger partial charge in [0.05, 0.1) is 6.61 Å². The summed E-state index contributed by atoms with van der Waals surface area (Å²) in [7, 11) is 0. The summed E-state index contributed by atoms with van der Waals surface area (Å²) in [5.74, 6) is 1.16. The molecule has 0 aromatic heterocycles. The lowest BCUT2D eigenvalue weighted by molar-refractivity contribution is 0.299. The molecule has 1 aromatic carbocycles. The summed E-state index contributed by atoms with van der Waals surface area (Å²) in [6, 6.07) is 4.47. The summed E-state index contributed by atoms with van der Waals surface area (Å²) in [5.41, 5.74) is 6.17. The van der Waals surface area contributed by atoms with Crippen molar-refractivity contribution in [3.05, 3.63) is 29.6 Å². The number of ether oxygens (including phenoxy) is 1. The monoisotopic (exact) mass is 211 g/mol. The van der Waals surface area contributed by atoms with Crippen molar-refractivity contribution in [3.8, 4) is 5.75 Å². The van der Waals surface area contributed by atoms with Gasteiger partial charge in [0, 0.05) is 13.0 Å². The Hall–Kier alpha value is -1.09. The number of hydrogen-bond donors (Lipinski definition) is 1. The molecule has 0 amide bonds. The average Bonchev–Trinajstić information content (AvgIpc) is 3.00. The van der Waals surface area contributed by atoms with Crippen LogP contribution in [-0.2, 0) is 0 Å². The van der Waals surface area contributed by atoms with Crippen LogP contribution in [-0.4, -0.2) is 6.61 Å². The summed E-state index contributed by atoms with van der Waals surface area (Å²) >= 11 is 0. The first-order chi connectivity index (χ1) is 7.16. The van der Waals surface area contributed by atoms with Gasteiger partial charge in [0.25, 0.3) is 0 Å². The van der Waals surface area contributed by atoms with Gasteiger partial charge in [-0.15, -0.1) is 0 Å². The van der Waals surface area contributed by atoms with Crippen molar-refractivity contribution < 1.29 is 10.6 Å². The lowest BCUT2D eigenvalue weighted by atomic mass is 10.1. The molecule has 0 aliphatic heterocycles. The molecule has 0 spiro atoms. The molecule has 0 radical (unpaired) electrons. The van der Waals surface area contributed by atoms with E-state index >= 15 is 0 Å². The third-order valence-corrected chi connectivity index (χ3v) is 2.64. The first-order valence-corrected chi connectivity index (χ1v) is 5.34. The predicted octanol–water partition coefficient (Wildman–Crippen LogP) is 2.88. The second-order valence-electron chi connectivity index (χ2n) is 4.23. The molecule has 2 nitrogen and oxygen atoms in total. The van der Waals surface area contributed by atoms with Crippen LogP contribution in [0.15, 0.2) is 18.2 Å². The third-order valence-electron chi connectivity index (χ3n) is 2.64. The molecule has 1 atom stereocenters. The van der Waals surface area contributed by atoms with E-state index in [1.54, 1.807) is 19.1 Å². The minimum Gasteiger partial charge on any atom is -0.493 e. The van der Waals surface area contributed by atoms with Crippen molar-refractivity contribution in [1.29, 1.82) is 0 Å². The first-order valence-electron chi connectivity index (χ1n) is 5.34. The predicted molar refractivity (Wildman–Crippen MR) is 59.3 cm³/mol. The molecule has 1 fully saturated rings. The third kappa shape index (κ3) is 2.69. The molecule has 1 saturated carbocycles. The summed E-state index contributed by atoms with van der Waals surface area (Å²) in [6.07, 6.45) is 2.50. The molecule has 0 bridgehead atoms. The topological polar surface area (TPSA) is 35.2 Å². The lowest BCUT2D eigenvalue weighted by Crippen LogP contribution is -2.08. The molecular weight excluding hydrogens is 193 g/mol. The minimum atomic E-state index is -0.297. The highest BCUT2D eigenvalue weighted by molar-refractivity contribution is 5.31. The van der Waals surface area contributed by atoms with Crippen molar-refractivity contribution >= 4 is 0 Å². The van der Waals surface area contributed by atoms with Gasteiger partial charge in [0.1, 0.15) is 11.6 Å². The average molecular weight is 211 g/mol. The van der Waals surface area contributed by atoms with E-state index in [0.717, 1.165) is 12.4 Å². The minimum absolute atomic E-state index is 0. The highest BCUT2D eigenvalue weighted by Crippen LogP contribution is 2.30. The number of nitrogens with two attached hydrogens (primary N) is 1. The molecule has 2 N–H and O–H groups in total. The quantitative estimate of drug-likeness (QED) is 0.831. The number of rotatable bonds is 4. The van der Waals surface area contributed by atoms with Crippen molar-refractivity contribution in [3.63, 3.8) is 0 Å². The van der Waals surface area contributed by atoms with E-state index in [9.17, 15) is 4.39 Å². The fourth-order valence-corrected chi connectivity index (χ4v) is 1.46. The van der Waals surface area contributed by atoms with Gasteiger partial charge in [-0.2, -0.15) is 0 Å². The maximum absolute atomic E-state index is 13.3. The number of hydrogen-bond acceptors (Lipinski definition) is 2. The molecule has 84 valence electrons. The van der Waals surface area contributed by atoms with Crippen LogP contribution in [0.4, 0.5) is 4.39 Å². The first kappa shape index (κ1) is 10.4. The Morgan fingerprint density at radius 1 is 1.60 bits per heavy atom. The van der Waals surface area contributed by atoms with E-state index in [0.29, 0.717) is 11.5 Å². The van der Waals surface area contributed by atoms with Crippen LogP contribution in [0.3, 0.4) is 0 Å². The van der Waals surface area contributed by atoms with Gasteiger partial charge in [-0.25, -0.2) is 4.39 Å². The zero-order valence-corrected chi connectivity index (χ0v) is 8.87. The standard InChI is InChI=1S/C12H16FNO.H2/c1-8(14)11-6-10(4-5-12(11)13)15-7-9-2-3-9;/h4-6,8-9H,2-3,7,14H2,1H3;1H/t8-;/m0./s1. The Morgan fingerprint density at radius 2 is 2.33 bits per heavy atom. The zero-order chi connectivity index (χ0) is 10.8. The Morgan fingerprint density at radius 3 is 2.93 bits per heavy atom. The van der Waals surface area contributed by atoms with Crippen LogP contribution in [0.5, 0.6) is 5.75 Å². The SMILES string of the molecule is C[C@H](N)c1cc(OCC2CC2)ccc1F.[HH]. The van der Waals surface area contributed by atoms with Crippen LogP contribution in [0, 0.1) is 11.7 Å². The van der Waals surface area contributed by atoms with Gasteiger partial charge in [0.15, 0.2) is 0 Å². The van der Waals surface area contributed by atoms with E-state index in [2.05, 4.69) is 0 Å². The molecule has 0 unspecified atom stereocenters. The Kier molecular flexibility index (Phi) is 2.91. The molecule has 1 aromatic rings. The summed E-state index contributed by atoms with van der Waals surface area (Å²) < 4.78 is 18.8. The van der Waals surface area contributed by atoms with Crippen LogP contribution < -0.4 is 10.5 Å². The van der Waals surface area contributed by atoms with Crippen LogP contribution in [0.25, 0.3) is 0 Å². The molecule has 1 aliphatic carbocycles. The van der Waals surface area contributed by atoms with Crippen LogP contribution >= 0.6 is 0 Å². The number of benzene rings is 1. The van der Waals surface area contributed by atoms with Crippen LogP contribution in [0.2, 0.25) is 0 Å². The Balaban J connectivity index is 0.00000128. The smallest absolute Gasteiger partial charge is 0.128 e. The summed E-state index contributed by atoms with van der Waals surface area (Å²) in [4.78, 5) is 0. The van der Waals surface area contributed by atoms with Crippen molar-refractivity contribution in [2.45, 2.75) is 25.8 Å². The maximum Gasteiger partial charge on any atom is 0.128 e. The molecule has 0 heterocycles. The molecule has 15 heavy (non-hydrogen) atoms. The molecule has 3 heteroatoms. The van der Waals surface area contributed by atoms with Gasteiger partial charge in [-0.05, 0) is 43.9 Å². The van der Waals surface area contributed by atoms with Gasteiger partial charge in [-0.3, -0.25) is 0 Å². The summed E-state index contributed by atoms with van der Waals surface area (Å²) in [5, 5.41) is 0. The van der Waals surface area contributed by atoms with Gasteiger partial charge < -0.3 is 10.5 Å². The van der Waals surface area contributed by atoms with Gasteiger partial charge >= 0.3 is 0 Å². The Bertz CT molecular complexity index is 353. The molecular formula is C12H18FNO. The summed E-state index contributed by atoms with van der Waals surface area (Å²) in [6.45, 7) is 2.51. The second-order valence-corrected chi connectivity index (χ2v) is 4.23. The highest BCUT2D eigenvalue weighted by Gasteiger charge is 2.22. The normalized spacial score (nSPS) is 17.5. The van der Waals surface area contributed by atoms with Crippen LogP contribution in [0.1, 0.15) is 32.8 Å². The molecule has 0 saturated heterocycles. The maximum atomic E-state index is 13.3. The zero-order valence-electron chi connectivity index (χ0n) is 8.87. The largest absolute Gasteiger partial charge is 0.493 e. The van der Waals surface area contributed by atoms with E-state index < -0.39 is 0 Å². The van der Waals surface area contributed by atoms with Gasteiger partial charge in [0.2, 0.25) is 0 Å². The van der Waals surface area contributed by atoms with E-state index in [-0.39, 0.29) is 13.3 Å². The van der Waals surface area contributed by atoms with E-state index in [4.69, 9.17) is 10.5 Å². The van der Waals surface area contributed by atoms with E-state index in [1.165, 1.54) is 18.9 Å². The number of halogens is 1. The Labute approximate surface area is 90.7 Å². The van der Waals surface area contributed by atoms with Crippen molar-refractivity contribution in [2.75, 3.05) is 6.61 Å². The molecule has 2 rings (SSSR count). The highest BCUT2D eigenvalue weighted by atomic mass is 19.1. The fraction of sp³-hybridized carbons (Fsp3) is 0.500. The lowest BCUT2D eigenvalue weighted by Gasteiger charge is -2.10. The fourth-order valence-electron chi connectivity index (χ4n) is 1.46. The van der Waals surface area contributed by atoms with E-state index in [1.807, 2.05) is 0 Å². The second kappa shape index (κ2) is 4.19. The van der Waals surface area contributed by atoms with Gasteiger partial charge in [-0.1, -0.05) is 0 Å². The molecule has 1 aliphatic rings.